The molecule has 0 atom stereocenters. The summed E-state index contributed by atoms with van der Waals surface area (Å²) in [5.74, 6) is 5.28. The van der Waals surface area contributed by atoms with Gasteiger partial charge < -0.3 is 5.11 Å². The van der Waals surface area contributed by atoms with Crippen molar-refractivity contribution in [1.82, 2.24) is 0 Å². The van der Waals surface area contributed by atoms with E-state index < -0.39 is 0 Å². The van der Waals surface area contributed by atoms with E-state index >= 15 is 0 Å². The molecule has 8 heavy (non-hydrogen) atoms. The number of hydrogen-bond acceptors (Lipinski definition) is 1. The third-order valence-corrected chi connectivity index (χ3v) is 0.611. The van der Waals surface area contributed by atoms with Gasteiger partial charge in [0, 0.05) is 12.0 Å². The van der Waals surface area contributed by atoms with Crippen LogP contribution in [0.5, 0.6) is 0 Å². The van der Waals surface area contributed by atoms with Gasteiger partial charge in [-0.1, -0.05) is 23.4 Å². The highest BCUT2D eigenvalue weighted by atomic mass is 35.5. The van der Waals surface area contributed by atoms with Gasteiger partial charge in [-0.05, 0) is 6.08 Å². The Morgan fingerprint density at radius 1 is 1.62 bits per heavy atom. The molecule has 0 amide bonds. The van der Waals surface area contributed by atoms with E-state index in [9.17, 15) is 0 Å². The molecule has 1 nitrogen and oxygen atoms in total. The van der Waals surface area contributed by atoms with Crippen LogP contribution < -0.4 is 0 Å². The average molecular weight is 131 g/mol. The lowest BCUT2D eigenvalue weighted by molar-refractivity contribution is 0.305. The molecule has 0 unspecified atom stereocenters. The Bertz CT molecular complexity index is 118. The van der Waals surface area contributed by atoms with Crippen molar-refractivity contribution in [2.24, 2.45) is 0 Å². The fraction of sp³-hybridized carbons (Fsp3) is 0.333. The zero-order chi connectivity index (χ0) is 6.24. The summed E-state index contributed by atoms with van der Waals surface area (Å²) in [6.07, 6.45) is 2.04. The van der Waals surface area contributed by atoms with Crippen LogP contribution in [-0.4, -0.2) is 11.7 Å². The van der Waals surface area contributed by atoms with Crippen molar-refractivity contribution in [3.63, 3.8) is 0 Å². The first-order chi connectivity index (χ1) is 3.91. The van der Waals surface area contributed by atoms with Gasteiger partial charge >= 0.3 is 0 Å². The fourth-order valence-corrected chi connectivity index (χ4v) is 0.281. The molecule has 44 valence electrons. The normalized spacial score (nSPS) is 8.75. The molecule has 0 heterocycles. The van der Waals surface area contributed by atoms with Crippen LogP contribution >= 0.6 is 11.6 Å². The van der Waals surface area contributed by atoms with Crippen molar-refractivity contribution >= 4 is 11.6 Å². The SMILES string of the molecule is OCCC#C/C=C\Cl. The predicted molar refractivity (Wildman–Crippen MR) is 34.5 cm³/mol. The Morgan fingerprint density at radius 3 is 2.88 bits per heavy atom. The Kier molecular flexibility index (Phi) is 6.18. The van der Waals surface area contributed by atoms with Gasteiger partial charge in [-0.25, -0.2) is 0 Å². The van der Waals surface area contributed by atoms with E-state index in [2.05, 4.69) is 11.8 Å². The second kappa shape index (κ2) is 6.55. The molecule has 1 N–H and O–H groups in total. The first kappa shape index (κ1) is 7.55. The molecule has 0 spiro atoms. The summed E-state index contributed by atoms with van der Waals surface area (Å²) in [7, 11) is 0. The second-order valence-electron chi connectivity index (χ2n) is 1.09. The van der Waals surface area contributed by atoms with Crippen LogP contribution in [-0.2, 0) is 0 Å². The number of aliphatic hydroxyl groups excluding tert-OH is 1. The molecule has 0 aromatic heterocycles. The summed E-state index contributed by atoms with van der Waals surface area (Å²) in [4.78, 5) is 0. The summed E-state index contributed by atoms with van der Waals surface area (Å²) < 4.78 is 0. The highest BCUT2D eigenvalue weighted by Gasteiger charge is 1.66. The molecule has 0 aliphatic heterocycles. The van der Waals surface area contributed by atoms with Gasteiger partial charge in [0.1, 0.15) is 0 Å². The summed E-state index contributed by atoms with van der Waals surface area (Å²) in [6.45, 7) is 0.114. The maximum absolute atomic E-state index is 8.21. The molecule has 0 aliphatic rings. The van der Waals surface area contributed by atoms with E-state index in [1.54, 1.807) is 0 Å². The van der Waals surface area contributed by atoms with E-state index in [-0.39, 0.29) is 6.61 Å². The summed E-state index contributed by atoms with van der Waals surface area (Å²) >= 11 is 5.13. The predicted octanol–water partition coefficient (Wildman–Crippen LogP) is 1.12. The van der Waals surface area contributed by atoms with Crippen LogP contribution in [0.1, 0.15) is 6.42 Å². The van der Waals surface area contributed by atoms with E-state index in [1.807, 2.05) is 0 Å². The molecule has 0 saturated carbocycles. The lowest BCUT2D eigenvalue weighted by Gasteiger charge is -1.73. The molecule has 0 bridgehead atoms. The van der Waals surface area contributed by atoms with E-state index in [1.165, 1.54) is 11.6 Å². The standard InChI is InChI=1S/C6H7ClO/c7-5-3-1-2-4-6-8/h3,5,8H,4,6H2/b5-3-. The minimum absolute atomic E-state index is 0.114. The highest BCUT2D eigenvalue weighted by Crippen LogP contribution is 1.75. The lowest BCUT2D eigenvalue weighted by Crippen LogP contribution is -1.74. The van der Waals surface area contributed by atoms with Crippen LogP contribution in [0.15, 0.2) is 11.6 Å². The van der Waals surface area contributed by atoms with Crippen molar-refractivity contribution in [2.75, 3.05) is 6.61 Å². The molecular weight excluding hydrogens is 124 g/mol. The fourth-order valence-electron chi connectivity index (χ4n) is 0.218. The van der Waals surface area contributed by atoms with Gasteiger partial charge in [-0.15, -0.1) is 0 Å². The summed E-state index contributed by atoms with van der Waals surface area (Å²) in [6, 6.07) is 0. The second-order valence-corrected chi connectivity index (χ2v) is 1.34. The smallest absolute Gasteiger partial charge is 0.0540 e. The first-order valence-corrected chi connectivity index (χ1v) is 2.70. The third-order valence-electron chi connectivity index (χ3n) is 0.485. The van der Waals surface area contributed by atoms with E-state index in [4.69, 9.17) is 16.7 Å². The van der Waals surface area contributed by atoms with Gasteiger partial charge in [-0.2, -0.15) is 0 Å². The lowest BCUT2D eigenvalue weighted by atomic mass is 10.4. The number of hydrogen-bond donors (Lipinski definition) is 1. The van der Waals surface area contributed by atoms with Crippen molar-refractivity contribution < 1.29 is 5.11 Å². The quantitative estimate of drug-likeness (QED) is 0.528. The molecule has 2 heteroatoms. The van der Waals surface area contributed by atoms with E-state index in [0.29, 0.717) is 6.42 Å². The van der Waals surface area contributed by atoms with Crippen LogP contribution in [0.3, 0.4) is 0 Å². The van der Waals surface area contributed by atoms with Crippen molar-refractivity contribution in [3.8, 4) is 11.8 Å². The monoisotopic (exact) mass is 130 g/mol. The zero-order valence-corrected chi connectivity index (χ0v) is 5.15. The molecule has 0 aromatic rings. The zero-order valence-electron chi connectivity index (χ0n) is 4.39. The minimum Gasteiger partial charge on any atom is -0.395 e. The van der Waals surface area contributed by atoms with Crippen molar-refractivity contribution in [1.29, 1.82) is 0 Å². The van der Waals surface area contributed by atoms with Gasteiger partial charge in [0.25, 0.3) is 0 Å². The van der Waals surface area contributed by atoms with Crippen LogP contribution in [0, 0.1) is 11.8 Å². The Hall–Kier alpha value is -0.450. The highest BCUT2D eigenvalue weighted by molar-refractivity contribution is 6.25. The number of aliphatic hydroxyl groups is 1. The third kappa shape index (κ3) is 5.55. The largest absolute Gasteiger partial charge is 0.395 e. The van der Waals surface area contributed by atoms with Gasteiger partial charge in [-0.3, -0.25) is 0 Å². The molecular formula is C6H7ClO. The minimum atomic E-state index is 0.114. The molecule has 0 rings (SSSR count). The summed E-state index contributed by atoms with van der Waals surface area (Å²) in [5.41, 5.74) is 1.34. The topological polar surface area (TPSA) is 20.2 Å². The number of halogens is 1. The number of allylic oxidation sites excluding steroid dienone is 1. The Labute approximate surface area is 54.0 Å². The summed E-state index contributed by atoms with van der Waals surface area (Å²) in [5, 5.41) is 8.21. The van der Waals surface area contributed by atoms with Crippen molar-refractivity contribution in [2.45, 2.75) is 6.42 Å². The molecule has 0 aromatic carbocycles. The van der Waals surface area contributed by atoms with Crippen molar-refractivity contribution in [3.05, 3.63) is 11.6 Å². The molecule has 0 fully saturated rings. The molecule has 0 aliphatic carbocycles. The van der Waals surface area contributed by atoms with E-state index in [0.717, 1.165) is 0 Å². The Morgan fingerprint density at radius 2 is 2.38 bits per heavy atom. The van der Waals surface area contributed by atoms with Gasteiger partial charge in [0.2, 0.25) is 0 Å². The van der Waals surface area contributed by atoms with Gasteiger partial charge in [0.05, 0.1) is 6.61 Å². The maximum Gasteiger partial charge on any atom is 0.0540 e. The number of rotatable bonds is 1. The van der Waals surface area contributed by atoms with Gasteiger partial charge in [0.15, 0.2) is 0 Å². The molecule has 0 radical (unpaired) electrons. The van der Waals surface area contributed by atoms with Crippen LogP contribution in [0.4, 0.5) is 0 Å². The maximum atomic E-state index is 8.21. The van der Waals surface area contributed by atoms with Crippen LogP contribution in [0.2, 0.25) is 0 Å². The first-order valence-electron chi connectivity index (χ1n) is 2.26. The average Bonchev–Trinajstić information content (AvgIpc) is 1.81. The Balaban J connectivity index is 3.21. The molecule has 0 saturated heterocycles. The van der Waals surface area contributed by atoms with Crippen LogP contribution in [0.25, 0.3) is 0 Å².